The van der Waals surface area contributed by atoms with Crippen LogP contribution in [0.15, 0.2) is 30.3 Å². The smallest absolute Gasteiger partial charge is 0.329 e. The number of ether oxygens (including phenoxy) is 1. The van der Waals surface area contributed by atoms with Crippen molar-refractivity contribution < 1.29 is 23.9 Å². The topological polar surface area (TPSA) is 92.8 Å². The van der Waals surface area contributed by atoms with Crippen LogP contribution in [-0.4, -0.2) is 47.1 Å². The number of hydrogen-bond donors (Lipinski definition) is 1. The van der Waals surface area contributed by atoms with Crippen molar-refractivity contribution in [3.63, 3.8) is 0 Å². The summed E-state index contributed by atoms with van der Waals surface area (Å²) in [6, 6.07) is 7.94. The predicted octanol–water partition coefficient (Wildman–Crippen LogP) is 3.75. The lowest BCUT2D eigenvalue weighted by molar-refractivity contribution is -0.155. The second kappa shape index (κ2) is 12.7. The van der Waals surface area contributed by atoms with Gasteiger partial charge in [0.1, 0.15) is 24.5 Å². The Kier molecular flexibility index (Phi) is 10.3. The Labute approximate surface area is 203 Å². The highest BCUT2D eigenvalue weighted by atomic mass is 16.5. The van der Waals surface area contributed by atoms with E-state index >= 15 is 0 Å². The highest BCUT2D eigenvalue weighted by Gasteiger charge is 2.39. The summed E-state index contributed by atoms with van der Waals surface area (Å²) in [7, 11) is 0. The van der Waals surface area contributed by atoms with Crippen LogP contribution in [0.2, 0.25) is 0 Å². The summed E-state index contributed by atoms with van der Waals surface area (Å²) >= 11 is 0. The van der Waals surface area contributed by atoms with E-state index in [1.165, 1.54) is 4.90 Å². The summed E-state index contributed by atoms with van der Waals surface area (Å²) in [5.41, 5.74) is 0.881. The van der Waals surface area contributed by atoms with Crippen molar-refractivity contribution in [3.05, 3.63) is 35.9 Å². The van der Waals surface area contributed by atoms with Crippen LogP contribution in [0.5, 0.6) is 0 Å². The molecule has 7 heteroatoms. The number of benzene rings is 1. The lowest BCUT2D eigenvalue weighted by atomic mass is 9.86. The Morgan fingerprint density at radius 3 is 2.26 bits per heavy atom. The summed E-state index contributed by atoms with van der Waals surface area (Å²) in [5, 5.41) is 2.81. The lowest BCUT2D eigenvalue weighted by Gasteiger charge is -2.30. The van der Waals surface area contributed by atoms with Gasteiger partial charge in [-0.2, -0.15) is 0 Å². The second-order valence-corrected chi connectivity index (χ2v) is 10.1. The van der Waals surface area contributed by atoms with E-state index in [4.69, 9.17) is 4.74 Å². The molecule has 2 amide bonds. The van der Waals surface area contributed by atoms with Gasteiger partial charge in [-0.3, -0.25) is 14.4 Å². The molecule has 1 aliphatic heterocycles. The standard InChI is InChI=1S/C27H40N2O5/c1-17(2)15-22(28-25(31)20(6)24(30)19(5)18(3)4)26(32)29-14-10-13-23(29)27(33)34-16-21-11-8-7-9-12-21/h7-9,11-12,17-20,22-23H,10,13-16H2,1-6H3,(H,28,31)/t19-,20+,22-,23-/m0/s1. The fourth-order valence-corrected chi connectivity index (χ4v) is 4.14. The summed E-state index contributed by atoms with van der Waals surface area (Å²) < 4.78 is 5.49. The van der Waals surface area contributed by atoms with Crippen molar-refractivity contribution in [1.82, 2.24) is 10.2 Å². The third-order valence-electron chi connectivity index (χ3n) is 6.62. The van der Waals surface area contributed by atoms with Gasteiger partial charge in [0, 0.05) is 12.5 Å². The first-order chi connectivity index (χ1) is 16.0. The van der Waals surface area contributed by atoms with Gasteiger partial charge in [0.05, 0.1) is 5.92 Å². The minimum Gasteiger partial charge on any atom is -0.459 e. The molecule has 1 aromatic carbocycles. The summed E-state index contributed by atoms with van der Waals surface area (Å²) in [6.45, 7) is 11.8. The Balaban J connectivity index is 2.08. The fourth-order valence-electron chi connectivity index (χ4n) is 4.14. The Hall–Kier alpha value is -2.70. The number of rotatable bonds is 11. The molecule has 34 heavy (non-hydrogen) atoms. The molecule has 0 aliphatic carbocycles. The Bertz CT molecular complexity index is 852. The van der Waals surface area contributed by atoms with Crippen molar-refractivity contribution in [2.24, 2.45) is 23.7 Å². The highest BCUT2D eigenvalue weighted by molar-refractivity contribution is 6.03. The number of nitrogens with zero attached hydrogens (tertiary/aromatic N) is 1. The number of hydrogen-bond acceptors (Lipinski definition) is 5. The van der Waals surface area contributed by atoms with E-state index < -0.39 is 29.9 Å². The van der Waals surface area contributed by atoms with Gasteiger partial charge in [-0.1, -0.05) is 65.0 Å². The summed E-state index contributed by atoms with van der Waals surface area (Å²) in [4.78, 5) is 53.4. The number of likely N-dealkylation sites (tertiary alicyclic amines) is 1. The minimum absolute atomic E-state index is 0.128. The maximum atomic E-state index is 13.5. The monoisotopic (exact) mass is 472 g/mol. The number of carbonyl (C=O) groups is 4. The molecular formula is C27H40N2O5. The van der Waals surface area contributed by atoms with Crippen LogP contribution in [0.1, 0.15) is 66.4 Å². The largest absolute Gasteiger partial charge is 0.459 e. The fraction of sp³-hybridized carbons (Fsp3) is 0.630. The molecule has 1 aromatic rings. The van der Waals surface area contributed by atoms with E-state index in [9.17, 15) is 19.2 Å². The third kappa shape index (κ3) is 7.40. The molecule has 1 aliphatic rings. The number of nitrogens with one attached hydrogen (secondary N) is 1. The number of amides is 2. The third-order valence-corrected chi connectivity index (χ3v) is 6.62. The van der Waals surface area contributed by atoms with Gasteiger partial charge < -0.3 is 15.0 Å². The van der Waals surface area contributed by atoms with E-state index in [0.29, 0.717) is 25.8 Å². The Morgan fingerprint density at radius 2 is 1.68 bits per heavy atom. The van der Waals surface area contributed by atoms with Gasteiger partial charge in [-0.25, -0.2) is 4.79 Å². The quantitative estimate of drug-likeness (QED) is 0.391. The number of Topliss-reactive ketones (excluding diaryl/α,β-unsaturated/α-hetero) is 1. The molecule has 4 atom stereocenters. The van der Waals surface area contributed by atoms with Gasteiger partial charge in [0.2, 0.25) is 11.8 Å². The van der Waals surface area contributed by atoms with Crippen LogP contribution in [0.3, 0.4) is 0 Å². The van der Waals surface area contributed by atoms with Crippen molar-refractivity contribution >= 4 is 23.6 Å². The van der Waals surface area contributed by atoms with E-state index in [1.807, 2.05) is 65.0 Å². The van der Waals surface area contributed by atoms with E-state index in [-0.39, 0.29) is 36.1 Å². The highest BCUT2D eigenvalue weighted by Crippen LogP contribution is 2.22. The van der Waals surface area contributed by atoms with Gasteiger partial charge in [-0.05, 0) is 43.6 Å². The zero-order chi connectivity index (χ0) is 25.4. The zero-order valence-corrected chi connectivity index (χ0v) is 21.4. The van der Waals surface area contributed by atoms with Crippen LogP contribution >= 0.6 is 0 Å². The summed E-state index contributed by atoms with van der Waals surface area (Å²) in [6.07, 6.45) is 1.65. The molecule has 0 unspecified atom stereocenters. The Morgan fingerprint density at radius 1 is 1.03 bits per heavy atom. The molecule has 0 saturated carbocycles. The van der Waals surface area contributed by atoms with Crippen LogP contribution in [0.25, 0.3) is 0 Å². The average Bonchev–Trinajstić information content (AvgIpc) is 3.30. The van der Waals surface area contributed by atoms with E-state index in [0.717, 1.165) is 5.56 Å². The average molecular weight is 473 g/mol. The van der Waals surface area contributed by atoms with Crippen LogP contribution in [-0.2, 0) is 30.5 Å². The van der Waals surface area contributed by atoms with Crippen LogP contribution in [0, 0.1) is 23.7 Å². The van der Waals surface area contributed by atoms with Crippen molar-refractivity contribution in [1.29, 1.82) is 0 Å². The number of esters is 1. The first-order valence-electron chi connectivity index (χ1n) is 12.4. The SMILES string of the molecule is CC(C)C[C@H](NC(=O)[C@H](C)C(=O)[C@@H](C)C(C)C)C(=O)N1CCC[C@H]1C(=O)OCc1ccccc1. The molecule has 0 aromatic heterocycles. The normalized spacial score (nSPS) is 18.5. The van der Waals surface area contributed by atoms with Crippen LogP contribution < -0.4 is 5.32 Å². The van der Waals surface area contributed by atoms with Gasteiger partial charge >= 0.3 is 5.97 Å². The van der Waals surface area contributed by atoms with E-state index in [1.54, 1.807) is 6.92 Å². The number of carbonyl (C=O) groups excluding carboxylic acids is 4. The summed E-state index contributed by atoms with van der Waals surface area (Å²) in [5.74, 6) is -2.13. The maximum absolute atomic E-state index is 13.5. The minimum atomic E-state index is -0.843. The first-order valence-corrected chi connectivity index (χ1v) is 12.4. The van der Waals surface area contributed by atoms with Crippen molar-refractivity contribution in [2.45, 2.75) is 79.5 Å². The van der Waals surface area contributed by atoms with E-state index in [2.05, 4.69) is 5.32 Å². The molecule has 1 heterocycles. The van der Waals surface area contributed by atoms with Gasteiger partial charge in [0.25, 0.3) is 0 Å². The molecular weight excluding hydrogens is 432 g/mol. The molecule has 2 rings (SSSR count). The molecule has 0 bridgehead atoms. The predicted molar refractivity (Wildman–Crippen MR) is 131 cm³/mol. The van der Waals surface area contributed by atoms with Gasteiger partial charge in [-0.15, -0.1) is 0 Å². The molecule has 1 N–H and O–H groups in total. The maximum Gasteiger partial charge on any atom is 0.329 e. The first kappa shape index (κ1) is 27.5. The van der Waals surface area contributed by atoms with Gasteiger partial charge in [0.15, 0.2) is 0 Å². The lowest BCUT2D eigenvalue weighted by Crippen LogP contribution is -2.53. The van der Waals surface area contributed by atoms with Crippen molar-refractivity contribution in [3.8, 4) is 0 Å². The van der Waals surface area contributed by atoms with Crippen molar-refractivity contribution in [2.75, 3.05) is 6.54 Å². The number of ketones is 1. The molecule has 188 valence electrons. The molecule has 1 fully saturated rings. The molecule has 7 nitrogen and oxygen atoms in total. The van der Waals surface area contributed by atoms with Crippen LogP contribution in [0.4, 0.5) is 0 Å². The second-order valence-electron chi connectivity index (χ2n) is 10.1. The zero-order valence-electron chi connectivity index (χ0n) is 21.4. The molecule has 1 saturated heterocycles. The molecule has 0 spiro atoms. The molecule has 0 radical (unpaired) electrons.